The molecule has 0 aliphatic rings. The van der Waals surface area contributed by atoms with Crippen LogP contribution in [0.3, 0.4) is 0 Å². The van der Waals surface area contributed by atoms with Gasteiger partial charge in [0.2, 0.25) is 5.91 Å². The lowest BCUT2D eigenvalue weighted by Crippen LogP contribution is -2.50. The van der Waals surface area contributed by atoms with Crippen LogP contribution < -0.4 is 5.32 Å². The summed E-state index contributed by atoms with van der Waals surface area (Å²) in [5.41, 5.74) is 0. The molecule has 0 aliphatic heterocycles. The fourth-order valence-corrected chi connectivity index (χ4v) is 1.83. The molecule has 6 nitrogen and oxygen atoms in total. The number of aliphatic carboxylic acids is 1. The molecule has 112 valence electrons. The zero-order chi connectivity index (χ0) is 14.8. The number of ether oxygens (including phenoxy) is 1. The van der Waals surface area contributed by atoms with Crippen molar-refractivity contribution in [1.82, 2.24) is 10.2 Å². The lowest BCUT2D eigenvalue weighted by molar-refractivity contribution is -0.140. The Balaban J connectivity index is 4.45. The molecular weight excluding hydrogens is 248 g/mol. The molecule has 2 unspecified atom stereocenters. The predicted octanol–water partition coefficient (Wildman–Crippen LogP) is 0.713. The van der Waals surface area contributed by atoms with Crippen LogP contribution in [0.4, 0.5) is 0 Å². The number of carboxylic acid groups (broad SMARTS) is 1. The summed E-state index contributed by atoms with van der Waals surface area (Å²) in [6.45, 7) is 6.37. The molecule has 0 aromatic carbocycles. The van der Waals surface area contributed by atoms with Crippen molar-refractivity contribution >= 4 is 11.9 Å². The number of carbonyl (C=O) groups is 2. The maximum Gasteiger partial charge on any atom is 0.317 e. The van der Waals surface area contributed by atoms with Crippen LogP contribution in [-0.2, 0) is 14.3 Å². The van der Waals surface area contributed by atoms with E-state index in [4.69, 9.17) is 9.84 Å². The van der Waals surface area contributed by atoms with E-state index in [0.717, 1.165) is 12.8 Å². The van der Waals surface area contributed by atoms with Crippen LogP contribution in [0.1, 0.15) is 33.6 Å². The zero-order valence-corrected chi connectivity index (χ0v) is 12.3. The molecule has 1 amide bonds. The first kappa shape index (κ1) is 17.9. The van der Waals surface area contributed by atoms with Gasteiger partial charge in [0.15, 0.2) is 0 Å². The van der Waals surface area contributed by atoms with Gasteiger partial charge in [-0.25, -0.2) is 0 Å². The molecule has 0 heterocycles. The first-order valence-corrected chi connectivity index (χ1v) is 6.67. The van der Waals surface area contributed by atoms with Crippen LogP contribution in [0.2, 0.25) is 0 Å². The summed E-state index contributed by atoms with van der Waals surface area (Å²) in [4.78, 5) is 24.4. The van der Waals surface area contributed by atoms with E-state index in [1.165, 1.54) is 0 Å². The number of nitrogens with one attached hydrogen (secondary N) is 1. The summed E-state index contributed by atoms with van der Waals surface area (Å²) in [6.07, 6.45) is 1.91. The fraction of sp³-hybridized carbons (Fsp3) is 0.846. The average Bonchev–Trinajstić information content (AvgIpc) is 2.33. The summed E-state index contributed by atoms with van der Waals surface area (Å²) >= 11 is 0. The molecule has 2 atom stereocenters. The minimum atomic E-state index is -0.947. The van der Waals surface area contributed by atoms with E-state index in [2.05, 4.69) is 12.2 Å². The molecule has 0 radical (unpaired) electrons. The highest BCUT2D eigenvalue weighted by atomic mass is 16.5. The average molecular weight is 274 g/mol. The molecular formula is C13H26N2O4. The van der Waals surface area contributed by atoms with Gasteiger partial charge in [0.25, 0.3) is 0 Å². The van der Waals surface area contributed by atoms with Gasteiger partial charge >= 0.3 is 5.97 Å². The third kappa shape index (κ3) is 7.79. The van der Waals surface area contributed by atoms with Crippen LogP contribution in [0.5, 0.6) is 0 Å². The molecule has 0 bridgehead atoms. The van der Waals surface area contributed by atoms with E-state index in [0.29, 0.717) is 13.2 Å². The standard InChI is InChI=1S/C13H26N2O4/c1-5-6-10(2)14-13(18)11(3)15(7-8-19-4)9-12(16)17/h10-11H,5-9H2,1-4H3,(H,14,18)(H,16,17). The van der Waals surface area contributed by atoms with Gasteiger partial charge in [0.05, 0.1) is 19.2 Å². The summed E-state index contributed by atoms with van der Waals surface area (Å²) in [5.74, 6) is -1.09. The van der Waals surface area contributed by atoms with Crippen molar-refractivity contribution in [2.45, 2.75) is 45.7 Å². The number of amides is 1. The fourth-order valence-electron chi connectivity index (χ4n) is 1.83. The lowest BCUT2D eigenvalue weighted by Gasteiger charge is -2.27. The Morgan fingerprint density at radius 2 is 2.00 bits per heavy atom. The number of rotatable bonds is 10. The third-order valence-electron chi connectivity index (χ3n) is 2.96. The normalized spacial score (nSPS) is 14.2. The quantitative estimate of drug-likeness (QED) is 0.613. The van der Waals surface area contributed by atoms with E-state index in [-0.39, 0.29) is 18.5 Å². The van der Waals surface area contributed by atoms with E-state index < -0.39 is 12.0 Å². The largest absolute Gasteiger partial charge is 0.480 e. The second-order valence-electron chi connectivity index (χ2n) is 4.73. The molecule has 0 aromatic rings. The summed E-state index contributed by atoms with van der Waals surface area (Å²) < 4.78 is 4.94. The topological polar surface area (TPSA) is 78.9 Å². The summed E-state index contributed by atoms with van der Waals surface area (Å²) in [6, 6.07) is -0.375. The number of carbonyl (C=O) groups excluding carboxylic acids is 1. The Labute approximate surface area is 115 Å². The minimum Gasteiger partial charge on any atom is -0.480 e. The highest BCUT2D eigenvalue weighted by Gasteiger charge is 2.23. The van der Waals surface area contributed by atoms with Crippen LogP contribution in [0.25, 0.3) is 0 Å². The highest BCUT2D eigenvalue weighted by Crippen LogP contribution is 2.02. The molecule has 0 aromatic heterocycles. The molecule has 6 heteroatoms. The van der Waals surface area contributed by atoms with Gasteiger partial charge in [-0.15, -0.1) is 0 Å². The van der Waals surface area contributed by atoms with Crippen molar-refractivity contribution in [3.8, 4) is 0 Å². The molecule has 0 rings (SSSR count). The summed E-state index contributed by atoms with van der Waals surface area (Å²) in [5, 5.41) is 11.8. The van der Waals surface area contributed by atoms with Crippen molar-refractivity contribution < 1.29 is 19.4 Å². The Morgan fingerprint density at radius 3 is 2.47 bits per heavy atom. The van der Waals surface area contributed by atoms with E-state index in [1.807, 2.05) is 6.92 Å². The minimum absolute atomic E-state index is 0.106. The molecule has 0 fully saturated rings. The molecule has 0 spiro atoms. The van der Waals surface area contributed by atoms with Crippen molar-refractivity contribution in [3.05, 3.63) is 0 Å². The maximum atomic E-state index is 12.0. The van der Waals surface area contributed by atoms with E-state index >= 15 is 0 Å². The predicted molar refractivity (Wildman–Crippen MR) is 73.1 cm³/mol. The third-order valence-corrected chi connectivity index (χ3v) is 2.96. The first-order valence-electron chi connectivity index (χ1n) is 6.67. The van der Waals surface area contributed by atoms with Crippen molar-refractivity contribution in [2.24, 2.45) is 0 Å². The van der Waals surface area contributed by atoms with Gasteiger partial charge in [0.1, 0.15) is 0 Å². The number of hydrogen-bond acceptors (Lipinski definition) is 4. The van der Waals surface area contributed by atoms with Gasteiger partial charge < -0.3 is 15.2 Å². The zero-order valence-electron chi connectivity index (χ0n) is 12.3. The maximum absolute atomic E-state index is 12.0. The van der Waals surface area contributed by atoms with Gasteiger partial charge in [0, 0.05) is 19.7 Å². The second kappa shape index (κ2) is 9.75. The molecule has 19 heavy (non-hydrogen) atoms. The van der Waals surface area contributed by atoms with Crippen molar-refractivity contribution in [2.75, 3.05) is 26.8 Å². The van der Waals surface area contributed by atoms with E-state index in [9.17, 15) is 9.59 Å². The van der Waals surface area contributed by atoms with Crippen LogP contribution in [0, 0.1) is 0 Å². The summed E-state index contributed by atoms with van der Waals surface area (Å²) in [7, 11) is 1.55. The SMILES string of the molecule is CCCC(C)NC(=O)C(C)N(CCOC)CC(=O)O. The van der Waals surface area contributed by atoms with E-state index in [1.54, 1.807) is 18.9 Å². The molecule has 0 saturated heterocycles. The monoisotopic (exact) mass is 274 g/mol. The molecule has 0 saturated carbocycles. The molecule has 2 N–H and O–H groups in total. The number of carboxylic acids is 1. The lowest BCUT2D eigenvalue weighted by atomic mass is 10.1. The Bertz CT molecular complexity index is 284. The van der Waals surface area contributed by atoms with Crippen molar-refractivity contribution in [1.29, 1.82) is 0 Å². The number of hydrogen-bond donors (Lipinski definition) is 2. The first-order chi connectivity index (χ1) is 8.92. The smallest absolute Gasteiger partial charge is 0.317 e. The van der Waals surface area contributed by atoms with Gasteiger partial charge in [-0.2, -0.15) is 0 Å². The van der Waals surface area contributed by atoms with Gasteiger partial charge in [-0.1, -0.05) is 13.3 Å². The number of nitrogens with zero attached hydrogens (tertiary/aromatic N) is 1. The second-order valence-corrected chi connectivity index (χ2v) is 4.73. The van der Waals surface area contributed by atoms with Crippen LogP contribution in [0.15, 0.2) is 0 Å². The van der Waals surface area contributed by atoms with Gasteiger partial charge in [-0.05, 0) is 20.3 Å². The van der Waals surface area contributed by atoms with Crippen LogP contribution in [-0.4, -0.2) is 60.8 Å². The van der Waals surface area contributed by atoms with Crippen LogP contribution >= 0.6 is 0 Å². The van der Waals surface area contributed by atoms with Crippen molar-refractivity contribution in [3.63, 3.8) is 0 Å². The Hall–Kier alpha value is -1.14. The Kier molecular flexibility index (Phi) is 9.16. The number of methoxy groups -OCH3 is 1. The highest BCUT2D eigenvalue weighted by molar-refractivity contribution is 5.82. The van der Waals surface area contributed by atoms with Gasteiger partial charge in [-0.3, -0.25) is 14.5 Å². The Morgan fingerprint density at radius 1 is 1.37 bits per heavy atom. The molecule has 0 aliphatic carbocycles.